The van der Waals surface area contributed by atoms with E-state index in [1.807, 2.05) is 54.6 Å². The summed E-state index contributed by atoms with van der Waals surface area (Å²) in [5.41, 5.74) is 0.874. The van der Waals surface area contributed by atoms with E-state index in [1.54, 1.807) is 36.2 Å². The molecule has 3 atom stereocenters. The Hall–Kier alpha value is -2.28. The number of fused-ring (bicyclic) bond motifs is 1. The van der Waals surface area contributed by atoms with Crippen molar-refractivity contribution >= 4 is 60.3 Å². The molecule has 3 unspecified atom stereocenters. The molecule has 1 aliphatic rings. The van der Waals surface area contributed by atoms with E-state index < -0.39 is 17.3 Å². The van der Waals surface area contributed by atoms with Crippen molar-refractivity contribution in [1.82, 2.24) is 0 Å². The Morgan fingerprint density at radius 2 is 1.85 bits per heavy atom. The van der Waals surface area contributed by atoms with Crippen LogP contribution >= 0.6 is 23.4 Å². The van der Waals surface area contributed by atoms with Gasteiger partial charge in [0.05, 0.1) is 0 Å². The number of thioether (sulfide) groups is 1. The van der Waals surface area contributed by atoms with Crippen LogP contribution in [0.25, 0.3) is 0 Å². The van der Waals surface area contributed by atoms with Gasteiger partial charge in [-0.1, -0.05) is 0 Å². The monoisotopic (exact) mass is 561 g/mol. The first-order valence-corrected chi connectivity index (χ1v) is 13.9. The Bertz CT molecular complexity index is 1160. The molecule has 3 aromatic carbocycles. The fraction of sp³-hybridized carbons (Fsp3) is 0.231. The SMILES string of the molecule is CN1C(=O)C(CC(O)C(CC(=O)Oc2cccc(Cl)c2)[Se]c2ccccc2)Sc2ccccc21. The second kappa shape index (κ2) is 11.4. The minimum absolute atomic E-state index is 0.0422. The Balaban J connectivity index is 1.49. The fourth-order valence-electron chi connectivity index (χ4n) is 3.69. The summed E-state index contributed by atoms with van der Waals surface area (Å²) in [6.07, 6.45) is -0.542. The molecular weight excluding hydrogens is 537 g/mol. The van der Waals surface area contributed by atoms with Crippen LogP contribution in [0.15, 0.2) is 83.8 Å². The number of hydrogen-bond donors (Lipinski definition) is 1. The normalized spacial score (nSPS) is 17.1. The van der Waals surface area contributed by atoms with Crippen molar-refractivity contribution in [2.75, 3.05) is 11.9 Å². The quantitative estimate of drug-likeness (QED) is 0.252. The number of aliphatic hydroxyl groups is 1. The van der Waals surface area contributed by atoms with Gasteiger partial charge in [0.25, 0.3) is 0 Å². The zero-order valence-electron chi connectivity index (χ0n) is 18.5. The molecule has 0 radical (unpaired) electrons. The molecular formula is C26H24ClNO4SSe. The molecule has 0 saturated carbocycles. The van der Waals surface area contributed by atoms with Gasteiger partial charge >= 0.3 is 215 Å². The van der Waals surface area contributed by atoms with Gasteiger partial charge in [-0.15, -0.1) is 0 Å². The average Bonchev–Trinajstić information content (AvgIpc) is 2.82. The van der Waals surface area contributed by atoms with Gasteiger partial charge < -0.3 is 0 Å². The number of anilines is 1. The summed E-state index contributed by atoms with van der Waals surface area (Å²) in [7, 11) is 1.76. The second-order valence-corrected chi connectivity index (χ2v) is 12.3. The molecule has 176 valence electrons. The maximum absolute atomic E-state index is 13.0. The summed E-state index contributed by atoms with van der Waals surface area (Å²) < 4.78 is 6.55. The van der Waals surface area contributed by atoms with Crippen molar-refractivity contribution in [2.45, 2.75) is 33.9 Å². The van der Waals surface area contributed by atoms with Crippen molar-refractivity contribution in [3.63, 3.8) is 0 Å². The van der Waals surface area contributed by atoms with E-state index in [0.717, 1.165) is 15.0 Å². The van der Waals surface area contributed by atoms with Gasteiger partial charge in [0, 0.05) is 0 Å². The first-order chi connectivity index (χ1) is 16.4. The molecule has 1 heterocycles. The third-order valence-corrected chi connectivity index (χ3v) is 9.71. The number of amides is 1. The molecule has 1 aliphatic heterocycles. The number of aliphatic hydroxyl groups excluding tert-OH is 1. The molecule has 0 saturated heterocycles. The van der Waals surface area contributed by atoms with E-state index in [-0.39, 0.29) is 38.5 Å². The molecule has 5 nitrogen and oxygen atoms in total. The molecule has 0 spiro atoms. The average molecular weight is 561 g/mol. The Labute approximate surface area is 214 Å². The van der Waals surface area contributed by atoms with Crippen molar-refractivity contribution in [3.8, 4) is 5.75 Å². The van der Waals surface area contributed by atoms with Crippen molar-refractivity contribution < 1.29 is 19.4 Å². The van der Waals surface area contributed by atoms with Crippen molar-refractivity contribution in [2.24, 2.45) is 0 Å². The number of halogens is 1. The zero-order valence-corrected chi connectivity index (χ0v) is 21.8. The predicted octanol–water partition coefficient (Wildman–Crippen LogP) is 4.34. The Morgan fingerprint density at radius 1 is 1.12 bits per heavy atom. The van der Waals surface area contributed by atoms with Gasteiger partial charge in [-0.25, -0.2) is 0 Å². The first kappa shape index (κ1) is 24.8. The van der Waals surface area contributed by atoms with E-state index in [1.165, 1.54) is 11.8 Å². The number of nitrogens with zero attached hydrogens (tertiary/aromatic N) is 1. The van der Waals surface area contributed by atoms with Gasteiger partial charge in [-0.05, 0) is 0 Å². The number of benzene rings is 3. The third-order valence-electron chi connectivity index (χ3n) is 5.41. The third kappa shape index (κ3) is 6.23. The second-order valence-electron chi connectivity index (χ2n) is 7.88. The minimum atomic E-state index is -0.841. The molecule has 0 aromatic heterocycles. The summed E-state index contributed by atoms with van der Waals surface area (Å²) in [6, 6.07) is 24.2. The number of ether oxygens (including phenoxy) is 1. The summed E-state index contributed by atoms with van der Waals surface area (Å²) >= 11 is 7.27. The first-order valence-electron chi connectivity index (χ1n) is 10.8. The molecule has 8 heteroatoms. The number of carbonyl (C=O) groups excluding carboxylic acids is 2. The van der Waals surface area contributed by atoms with Crippen LogP contribution < -0.4 is 14.1 Å². The number of hydrogen-bond acceptors (Lipinski definition) is 5. The topological polar surface area (TPSA) is 66.8 Å². The van der Waals surface area contributed by atoms with Gasteiger partial charge in [0.15, 0.2) is 0 Å². The number of esters is 1. The van der Waals surface area contributed by atoms with Crippen molar-refractivity contribution in [1.29, 1.82) is 0 Å². The predicted molar refractivity (Wildman–Crippen MR) is 137 cm³/mol. The summed E-state index contributed by atoms with van der Waals surface area (Å²) in [5.74, 6) is -0.112. The summed E-state index contributed by atoms with van der Waals surface area (Å²) in [6.45, 7) is 0. The molecule has 1 N–H and O–H groups in total. The van der Waals surface area contributed by atoms with Crippen LogP contribution in [0.2, 0.25) is 9.84 Å². The number of rotatable bonds is 8. The Morgan fingerprint density at radius 3 is 2.62 bits per heavy atom. The summed E-state index contributed by atoms with van der Waals surface area (Å²) in [4.78, 5) is 28.1. The fourth-order valence-corrected chi connectivity index (χ4v) is 7.63. The van der Waals surface area contributed by atoms with Crippen molar-refractivity contribution in [3.05, 3.63) is 83.9 Å². The standard InChI is InChI=1S/C26H24ClNO4SSe/c1-28-20-12-5-6-13-22(20)33-23(26(28)31)15-21(29)24(34-19-10-3-2-4-11-19)16-25(30)32-18-9-7-8-17(27)14-18/h2-14,21,23-24,29H,15-16H2,1H3. The van der Waals surface area contributed by atoms with Crippen LogP contribution in [-0.4, -0.2) is 50.3 Å². The molecule has 0 aliphatic carbocycles. The van der Waals surface area contributed by atoms with Crippen LogP contribution in [0, 0.1) is 0 Å². The van der Waals surface area contributed by atoms with E-state index in [9.17, 15) is 14.7 Å². The Kier molecular flexibility index (Phi) is 8.35. The molecule has 0 bridgehead atoms. The van der Waals surface area contributed by atoms with E-state index in [0.29, 0.717) is 10.8 Å². The van der Waals surface area contributed by atoms with Crippen LogP contribution in [-0.2, 0) is 9.59 Å². The van der Waals surface area contributed by atoms with Crippen LogP contribution in [0.5, 0.6) is 5.75 Å². The summed E-state index contributed by atoms with van der Waals surface area (Å²) in [5, 5.41) is 11.3. The number of carbonyl (C=O) groups is 2. The van der Waals surface area contributed by atoms with Gasteiger partial charge in [-0.2, -0.15) is 0 Å². The van der Waals surface area contributed by atoms with Crippen LogP contribution in [0.1, 0.15) is 12.8 Å². The zero-order chi connectivity index (χ0) is 24.1. The maximum atomic E-state index is 13.0. The van der Waals surface area contributed by atoms with E-state index in [4.69, 9.17) is 16.3 Å². The molecule has 0 fully saturated rings. The van der Waals surface area contributed by atoms with Gasteiger partial charge in [-0.3, -0.25) is 0 Å². The molecule has 3 aromatic rings. The van der Waals surface area contributed by atoms with Gasteiger partial charge in [0.2, 0.25) is 0 Å². The van der Waals surface area contributed by atoms with Crippen LogP contribution in [0.3, 0.4) is 0 Å². The molecule has 4 rings (SSSR count). The van der Waals surface area contributed by atoms with E-state index >= 15 is 0 Å². The molecule has 34 heavy (non-hydrogen) atoms. The number of para-hydroxylation sites is 1. The van der Waals surface area contributed by atoms with E-state index in [2.05, 4.69) is 0 Å². The molecule has 1 amide bonds. The van der Waals surface area contributed by atoms with Crippen LogP contribution in [0.4, 0.5) is 5.69 Å². The van der Waals surface area contributed by atoms with Gasteiger partial charge in [0.1, 0.15) is 0 Å².